The summed E-state index contributed by atoms with van der Waals surface area (Å²) < 4.78 is 56.7. The smallest absolute Gasteiger partial charge is 0.243 e. The van der Waals surface area contributed by atoms with Crippen LogP contribution in [0.1, 0.15) is 23.2 Å². The van der Waals surface area contributed by atoms with Gasteiger partial charge in [0, 0.05) is 41.8 Å². The summed E-state index contributed by atoms with van der Waals surface area (Å²) >= 11 is 5.81. The molecule has 5 rings (SSSR count). The Morgan fingerprint density at radius 3 is 2.43 bits per heavy atom. The molecule has 2 heterocycles. The molecule has 0 amide bonds. The largest absolute Gasteiger partial charge is 0.340 e. The van der Waals surface area contributed by atoms with Gasteiger partial charge in [0.25, 0.3) is 0 Å². The first-order valence-electron chi connectivity index (χ1n) is 11.2. The number of para-hydroxylation sites is 1. The molecule has 0 unspecified atom stereocenters. The van der Waals surface area contributed by atoms with Gasteiger partial charge in [0.05, 0.1) is 9.92 Å². The van der Waals surface area contributed by atoms with Crippen LogP contribution in [0.3, 0.4) is 0 Å². The molecule has 35 heavy (non-hydrogen) atoms. The summed E-state index contributed by atoms with van der Waals surface area (Å²) in [5, 5.41) is 0.879. The Kier molecular flexibility index (Phi) is 6.25. The van der Waals surface area contributed by atoms with Crippen LogP contribution in [-0.4, -0.2) is 30.4 Å². The first-order chi connectivity index (χ1) is 16.8. The van der Waals surface area contributed by atoms with Crippen LogP contribution in [0.25, 0.3) is 16.5 Å². The van der Waals surface area contributed by atoms with Crippen molar-refractivity contribution < 1.29 is 17.2 Å². The van der Waals surface area contributed by atoms with Crippen LogP contribution >= 0.6 is 11.6 Å². The van der Waals surface area contributed by atoms with Gasteiger partial charge in [-0.15, -0.1) is 0 Å². The molecule has 0 aliphatic carbocycles. The number of halogens is 3. The molecule has 8 heteroatoms. The molecule has 0 spiro atoms. The third kappa shape index (κ3) is 4.40. The normalized spacial score (nSPS) is 14.9. The number of benzene rings is 3. The Bertz CT molecular complexity index is 1560. The van der Waals surface area contributed by atoms with Gasteiger partial charge in [-0.1, -0.05) is 48.0 Å². The molecular formula is C27H23ClF2N2O2S. The van der Waals surface area contributed by atoms with Crippen molar-refractivity contribution in [3.8, 4) is 0 Å². The van der Waals surface area contributed by atoms with E-state index in [-0.39, 0.29) is 22.3 Å². The highest BCUT2D eigenvalue weighted by Crippen LogP contribution is 2.36. The summed E-state index contributed by atoms with van der Waals surface area (Å²) in [5.41, 5.74) is 5.32. The molecule has 1 aliphatic heterocycles. The van der Waals surface area contributed by atoms with E-state index in [1.165, 1.54) is 22.5 Å². The monoisotopic (exact) mass is 512 g/mol. The van der Waals surface area contributed by atoms with E-state index >= 15 is 0 Å². The Labute approximate surface area is 208 Å². The zero-order chi connectivity index (χ0) is 24.7. The third-order valence-corrected chi connectivity index (χ3v) is 8.66. The predicted octanol–water partition coefficient (Wildman–Crippen LogP) is 6.41. The topological polar surface area (TPSA) is 42.3 Å². The van der Waals surface area contributed by atoms with Crippen molar-refractivity contribution in [2.75, 3.05) is 13.1 Å². The van der Waals surface area contributed by atoms with Crippen molar-refractivity contribution in [2.24, 2.45) is 0 Å². The van der Waals surface area contributed by atoms with Gasteiger partial charge < -0.3 is 4.57 Å². The first-order valence-corrected chi connectivity index (χ1v) is 13.0. The summed E-state index contributed by atoms with van der Waals surface area (Å²) in [6, 6.07) is 18.1. The predicted molar refractivity (Wildman–Crippen MR) is 135 cm³/mol. The highest BCUT2D eigenvalue weighted by molar-refractivity contribution is 7.89. The minimum atomic E-state index is -3.80. The number of hydrogen-bond donors (Lipinski definition) is 0. The van der Waals surface area contributed by atoms with E-state index in [1.54, 1.807) is 12.1 Å². The molecule has 0 radical (unpaired) electrons. The third-order valence-electron chi connectivity index (χ3n) is 6.51. The molecular weight excluding hydrogens is 490 g/mol. The maximum atomic E-state index is 13.5. The van der Waals surface area contributed by atoms with Gasteiger partial charge in [-0.05, 0) is 60.9 Å². The van der Waals surface area contributed by atoms with Gasteiger partial charge in [-0.3, -0.25) is 0 Å². The molecule has 0 saturated heterocycles. The lowest BCUT2D eigenvalue weighted by Gasteiger charge is -2.26. The van der Waals surface area contributed by atoms with E-state index in [0.29, 0.717) is 19.5 Å². The van der Waals surface area contributed by atoms with Gasteiger partial charge in [0.1, 0.15) is 11.6 Å². The van der Waals surface area contributed by atoms with Gasteiger partial charge in [-0.2, -0.15) is 4.31 Å². The minimum Gasteiger partial charge on any atom is -0.340 e. The fraction of sp³-hybridized carbons (Fsp3) is 0.185. The van der Waals surface area contributed by atoms with Crippen LogP contribution in [0.4, 0.5) is 8.78 Å². The molecule has 4 aromatic rings. The van der Waals surface area contributed by atoms with Crippen LogP contribution < -0.4 is 0 Å². The average Bonchev–Trinajstić information content (AvgIpc) is 3.13. The fourth-order valence-electron chi connectivity index (χ4n) is 4.69. The second-order valence-corrected chi connectivity index (χ2v) is 11.0. The zero-order valence-corrected chi connectivity index (χ0v) is 20.6. The summed E-state index contributed by atoms with van der Waals surface area (Å²) in [4.78, 5) is -0.0205. The van der Waals surface area contributed by atoms with Crippen LogP contribution in [-0.2, 0) is 16.6 Å². The molecule has 0 atom stereocenters. The maximum absolute atomic E-state index is 13.5. The quantitative estimate of drug-likeness (QED) is 0.310. The second kappa shape index (κ2) is 9.22. The van der Waals surface area contributed by atoms with E-state index in [9.17, 15) is 17.2 Å². The summed E-state index contributed by atoms with van der Waals surface area (Å²) in [6.07, 6.45) is 2.49. The van der Waals surface area contributed by atoms with Crippen molar-refractivity contribution in [3.63, 3.8) is 0 Å². The van der Waals surface area contributed by atoms with Crippen LogP contribution in [0.5, 0.6) is 0 Å². The van der Waals surface area contributed by atoms with Crippen LogP contribution in [0.2, 0.25) is 5.02 Å². The molecule has 1 aliphatic rings. The van der Waals surface area contributed by atoms with E-state index in [2.05, 4.69) is 23.6 Å². The number of hydrogen-bond acceptors (Lipinski definition) is 2. The van der Waals surface area contributed by atoms with Crippen molar-refractivity contribution >= 4 is 38.1 Å². The molecule has 4 nitrogen and oxygen atoms in total. The fourth-order valence-corrected chi connectivity index (χ4v) is 6.35. The summed E-state index contributed by atoms with van der Waals surface area (Å²) in [6.45, 7) is 3.18. The van der Waals surface area contributed by atoms with Crippen molar-refractivity contribution in [1.82, 2.24) is 8.87 Å². The van der Waals surface area contributed by atoms with Crippen molar-refractivity contribution in [2.45, 2.75) is 24.8 Å². The second-order valence-electron chi connectivity index (χ2n) is 8.61. The maximum Gasteiger partial charge on any atom is 0.243 e. The first kappa shape index (κ1) is 23.7. The highest BCUT2D eigenvalue weighted by atomic mass is 35.5. The van der Waals surface area contributed by atoms with Gasteiger partial charge >= 0.3 is 0 Å². The van der Waals surface area contributed by atoms with Crippen LogP contribution in [0, 0.1) is 18.6 Å². The van der Waals surface area contributed by atoms with E-state index in [0.717, 1.165) is 45.4 Å². The molecule has 180 valence electrons. The van der Waals surface area contributed by atoms with Gasteiger partial charge in [-0.25, -0.2) is 17.2 Å². The lowest BCUT2D eigenvalue weighted by atomic mass is 9.97. The Hall–Kier alpha value is -3.00. The molecule has 1 aromatic heterocycles. The summed E-state index contributed by atoms with van der Waals surface area (Å²) in [7, 11) is -3.80. The highest BCUT2D eigenvalue weighted by Gasteiger charge is 2.28. The lowest BCUT2D eigenvalue weighted by Crippen LogP contribution is -2.34. The van der Waals surface area contributed by atoms with Crippen LogP contribution in [0.15, 0.2) is 77.7 Å². The minimum absolute atomic E-state index is 0.0205. The standard InChI is InChI=1S/C27H23ClF2N2O2S/c1-18-27(23-4-2-3-5-26(23)32(18)17-19-6-8-21(29)9-7-19)20-12-14-31(15-13-20)35(33,34)22-10-11-25(30)24(28)16-22/h2-12,16H,13-15,17H2,1H3. The Morgan fingerprint density at radius 1 is 1.00 bits per heavy atom. The molecule has 3 aromatic carbocycles. The number of aromatic nitrogens is 1. The number of nitrogens with zero attached hydrogens (tertiary/aromatic N) is 2. The number of sulfonamides is 1. The van der Waals surface area contributed by atoms with E-state index in [4.69, 9.17) is 11.6 Å². The zero-order valence-electron chi connectivity index (χ0n) is 19.0. The molecule has 0 fully saturated rings. The van der Waals surface area contributed by atoms with Crippen molar-refractivity contribution in [3.05, 3.63) is 106 Å². The Balaban J connectivity index is 1.48. The van der Waals surface area contributed by atoms with Gasteiger partial charge in [0.2, 0.25) is 10.0 Å². The van der Waals surface area contributed by atoms with E-state index < -0.39 is 15.8 Å². The average molecular weight is 513 g/mol. The van der Waals surface area contributed by atoms with E-state index in [1.807, 2.05) is 18.2 Å². The molecule has 0 saturated carbocycles. The number of fused-ring (bicyclic) bond motifs is 1. The van der Waals surface area contributed by atoms with Crippen molar-refractivity contribution in [1.29, 1.82) is 0 Å². The molecule has 0 N–H and O–H groups in total. The lowest BCUT2D eigenvalue weighted by molar-refractivity contribution is 0.441. The van der Waals surface area contributed by atoms with Gasteiger partial charge in [0.15, 0.2) is 0 Å². The summed E-state index contributed by atoms with van der Waals surface area (Å²) in [5.74, 6) is -0.919. The SMILES string of the molecule is Cc1c(C2=CCN(S(=O)(=O)c3ccc(F)c(Cl)c3)CC2)c2ccccc2n1Cc1ccc(F)cc1. The number of rotatable bonds is 5. The Morgan fingerprint density at radius 2 is 1.74 bits per heavy atom. The molecule has 0 bridgehead atoms.